The second-order valence-corrected chi connectivity index (χ2v) is 7.00. The number of halogens is 12. The minimum Gasteiger partial charge on any atom is -0.227 e. The quantitative estimate of drug-likeness (QED) is 0.150. The predicted molar refractivity (Wildman–Crippen MR) is 72.4 cm³/mol. The Kier molecular flexibility index (Phi) is 7.67. The van der Waals surface area contributed by atoms with E-state index in [4.69, 9.17) is 0 Å². The van der Waals surface area contributed by atoms with Crippen molar-refractivity contribution in [2.45, 2.75) is 72.8 Å². The van der Waals surface area contributed by atoms with Crippen LogP contribution in [0.2, 0.25) is 0 Å². The standard InChI is InChI=1S/C12H14F11I/c1-2-3-4-5-7(24)6-8(13,11(18,19)20)9(14,15)10(16,17)12(21,22)23/h7H,2-6H2,1H3. The highest BCUT2D eigenvalue weighted by Crippen LogP contribution is 2.59. The van der Waals surface area contributed by atoms with Gasteiger partial charge in [-0.15, -0.1) is 0 Å². The van der Waals surface area contributed by atoms with Crippen LogP contribution in [0.5, 0.6) is 0 Å². The topological polar surface area (TPSA) is 0 Å². The van der Waals surface area contributed by atoms with Gasteiger partial charge in [0.1, 0.15) is 0 Å². The molecule has 0 aliphatic rings. The summed E-state index contributed by atoms with van der Waals surface area (Å²) < 4.78 is 139. The molecule has 0 N–H and O–H groups in total. The van der Waals surface area contributed by atoms with Gasteiger partial charge in [-0.2, -0.15) is 43.9 Å². The fourth-order valence-corrected chi connectivity index (χ4v) is 2.92. The van der Waals surface area contributed by atoms with Crippen molar-refractivity contribution >= 4 is 22.6 Å². The second-order valence-electron chi connectivity index (χ2n) is 5.24. The summed E-state index contributed by atoms with van der Waals surface area (Å²) in [5.41, 5.74) is -6.02. The normalized spacial score (nSPS) is 18.4. The van der Waals surface area contributed by atoms with Gasteiger partial charge in [-0.25, -0.2) is 4.39 Å². The van der Waals surface area contributed by atoms with Crippen LogP contribution < -0.4 is 0 Å². The van der Waals surface area contributed by atoms with Crippen LogP contribution in [0.4, 0.5) is 48.3 Å². The molecular weight excluding hydrogens is 480 g/mol. The lowest BCUT2D eigenvalue weighted by Gasteiger charge is -2.40. The third-order valence-electron chi connectivity index (χ3n) is 3.32. The number of unbranched alkanes of at least 4 members (excludes halogenated alkanes) is 2. The zero-order valence-corrected chi connectivity index (χ0v) is 14.3. The van der Waals surface area contributed by atoms with E-state index in [1.807, 2.05) is 0 Å². The number of rotatable bonds is 8. The minimum absolute atomic E-state index is 0.194. The van der Waals surface area contributed by atoms with Crippen LogP contribution in [0, 0.1) is 0 Å². The molecule has 146 valence electrons. The van der Waals surface area contributed by atoms with Gasteiger partial charge in [-0.3, -0.25) is 0 Å². The number of hydrogen-bond donors (Lipinski definition) is 0. The summed E-state index contributed by atoms with van der Waals surface area (Å²) in [6.07, 6.45) is -14.9. The van der Waals surface area contributed by atoms with Crippen LogP contribution >= 0.6 is 22.6 Å². The van der Waals surface area contributed by atoms with Gasteiger partial charge in [0.15, 0.2) is 0 Å². The van der Waals surface area contributed by atoms with Crippen molar-refractivity contribution in [3.63, 3.8) is 0 Å². The monoisotopic (exact) mass is 494 g/mol. The lowest BCUT2D eigenvalue weighted by atomic mass is 9.86. The number of hydrogen-bond acceptors (Lipinski definition) is 0. The van der Waals surface area contributed by atoms with Gasteiger partial charge in [0.2, 0.25) is 0 Å². The van der Waals surface area contributed by atoms with Crippen LogP contribution in [-0.4, -0.2) is 33.8 Å². The lowest BCUT2D eigenvalue weighted by Crippen LogP contribution is -2.67. The summed E-state index contributed by atoms with van der Waals surface area (Å²) in [7, 11) is 0. The third kappa shape index (κ3) is 4.57. The van der Waals surface area contributed by atoms with E-state index in [0.717, 1.165) is 22.6 Å². The van der Waals surface area contributed by atoms with E-state index in [2.05, 4.69) is 0 Å². The van der Waals surface area contributed by atoms with E-state index < -0.39 is 40.2 Å². The van der Waals surface area contributed by atoms with Crippen molar-refractivity contribution in [3.05, 3.63) is 0 Å². The third-order valence-corrected chi connectivity index (χ3v) is 4.38. The molecule has 12 heteroatoms. The Hall–Kier alpha value is -0.0400. The average Bonchev–Trinajstić information content (AvgIpc) is 2.35. The Morgan fingerprint density at radius 3 is 1.50 bits per heavy atom. The first-order valence-corrected chi connectivity index (χ1v) is 7.92. The first kappa shape index (κ1) is 24.0. The largest absolute Gasteiger partial charge is 0.460 e. The van der Waals surface area contributed by atoms with Gasteiger partial charge in [-0.1, -0.05) is 48.8 Å². The maximum atomic E-state index is 14.0. The van der Waals surface area contributed by atoms with Gasteiger partial charge >= 0.3 is 24.2 Å². The zero-order valence-electron chi connectivity index (χ0n) is 12.1. The molecule has 0 saturated carbocycles. The van der Waals surface area contributed by atoms with Crippen LogP contribution in [0.1, 0.15) is 39.0 Å². The molecule has 0 spiro atoms. The SMILES string of the molecule is CCCCCC(I)CC(F)(C(F)(F)F)C(F)(F)C(F)(F)C(F)(F)F. The summed E-state index contributed by atoms with van der Waals surface area (Å²) in [4.78, 5) is 0. The zero-order chi connectivity index (χ0) is 19.6. The summed E-state index contributed by atoms with van der Waals surface area (Å²) >= 11 is 1.14. The van der Waals surface area contributed by atoms with E-state index >= 15 is 0 Å². The molecule has 0 nitrogen and oxygen atoms in total. The van der Waals surface area contributed by atoms with Crippen LogP contribution in [-0.2, 0) is 0 Å². The molecule has 24 heavy (non-hydrogen) atoms. The lowest BCUT2D eigenvalue weighted by molar-refractivity contribution is -0.412. The van der Waals surface area contributed by atoms with E-state index in [1.54, 1.807) is 6.92 Å². The van der Waals surface area contributed by atoms with Gasteiger partial charge in [0.25, 0.3) is 5.67 Å². The summed E-state index contributed by atoms with van der Waals surface area (Å²) in [6, 6.07) is 0. The molecule has 0 aromatic rings. The fraction of sp³-hybridized carbons (Fsp3) is 1.00. The summed E-state index contributed by atoms with van der Waals surface area (Å²) in [5.74, 6) is -14.2. The van der Waals surface area contributed by atoms with Crippen molar-refractivity contribution < 1.29 is 48.3 Å². The first-order chi connectivity index (χ1) is 10.5. The second kappa shape index (κ2) is 7.68. The molecule has 0 amide bonds. The van der Waals surface area contributed by atoms with Gasteiger partial charge < -0.3 is 0 Å². The molecule has 0 fully saturated rings. The molecule has 0 aromatic carbocycles. The Morgan fingerprint density at radius 1 is 0.708 bits per heavy atom. The fourth-order valence-electron chi connectivity index (χ4n) is 1.87. The Bertz CT molecular complexity index is 401. The summed E-state index contributed by atoms with van der Waals surface area (Å²) in [5, 5.41) is 0. The van der Waals surface area contributed by atoms with Crippen molar-refractivity contribution in [1.29, 1.82) is 0 Å². The van der Waals surface area contributed by atoms with Crippen molar-refractivity contribution in [3.8, 4) is 0 Å². The Balaban J connectivity index is 5.76. The summed E-state index contributed by atoms with van der Waals surface area (Å²) in [6.45, 7) is 1.70. The van der Waals surface area contributed by atoms with Crippen LogP contribution in [0.25, 0.3) is 0 Å². The van der Waals surface area contributed by atoms with E-state index in [9.17, 15) is 48.3 Å². The highest BCUT2D eigenvalue weighted by Gasteiger charge is 2.86. The molecule has 0 rings (SSSR count). The predicted octanol–water partition coefficient (Wildman–Crippen LogP) is 6.86. The minimum atomic E-state index is -7.18. The molecule has 0 radical (unpaired) electrons. The molecular formula is C12H14F11I. The van der Waals surface area contributed by atoms with E-state index in [0.29, 0.717) is 12.8 Å². The highest BCUT2D eigenvalue weighted by molar-refractivity contribution is 14.1. The van der Waals surface area contributed by atoms with Gasteiger partial charge in [0, 0.05) is 10.3 Å². The van der Waals surface area contributed by atoms with Crippen molar-refractivity contribution in [1.82, 2.24) is 0 Å². The molecule has 0 bridgehead atoms. The molecule has 0 heterocycles. The van der Waals surface area contributed by atoms with E-state index in [-0.39, 0.29) is 12.8 Å². The smallest absolute Gasteiger partial charge is 0.227 e. The highest BCUT2D eigenvalue weighted by atomic mass is 127. The molecule has 0 saturated heterocycles. The first-order valence-electron chi connectivity index (χ1n) is 6.67. The number of alkyl halides is 12. The maximum absolute atomic E-state index is 14.0. The van der Waals surface area contributed by atoms with Gasteiger partial charge in [-0.05, 0) is 6.42 Å². The van der Waals surface area contributed by atoms with Crippen molar-refractivity contribution in [2.24, 2.45) is 0 Å². The average molecular weight is 494 g/mol. The molecule has 2 unspecified atom stereocenters. The molecule has 0 aliphatic heterocycles. The maximum Gasteiger partial charge on any atom is 0.460 e. The molecule has 2 atom stereocenters. The Morgan fingerprint density at radius 2 is 1.17 bits per heavy atom. The Labute approximate surface area is 144 Å². The molecule has 0 aromatic heterocycles. The molecule has 0 aliphatic carbocycles. The van der Waals surface area contributed by atoms with Gasteiger partial charge in [0.05, 0.1) is 0 Å². The van der Waals surface area contributed by atoms with Crippen LogP contribution in [0.3, 0.4) is 0 Å². The van der Waals surface area contributed by atoms with E-state index in [1.165, 1.54) is 0 Å². The van der Waals surface area contributed by atoms with Crippen LogP contribution in [0.15, 0.2) is 0 Å². The van der Waals surface area contributed by atoms with Crippen molar-refractivity contribution in [2.75, 3.05) is 0 Å².